The molecule has 9 nitrogen and oxygen atoms in total. The number of unbranched alkanes of at least 4 members (excludes halogenated alkanes) is 18. The Balaban J connectivity index is 1.32. The summed E-state index contributed by atoms with van der Waals surface area (Å²) in [6.07, 6.45) is 16.2. The Bertz CT molecular complexity index is 1360. The average Bonchev–Trinajstić information content (AvgIpc) is 3.24. The number of aryl methyl sites for hydroxylation is 1. The third kappa shape index (κ3) is 21.3. The molecule has 12 heteroatoms. The minimum absolute atomic E-state index is 0.193. The molecule has 2 aromatic rings. The molecule has 1 aliphatic heterocycles. The van der Waals surface area contributed by atoms with E-state index in [1.54, 1.807) is 23.9 Å². The topological polar surface area (TPSA) is 152 Å². The van der Waals surface area contributed by atoms with E-state index >= 15 is 0 Å². The number of thiocarbonyl (C=S) groups is 1. The molecule has 1 aliphatic rings. The molecule has 1 heterocycles. The Hall–Kier alpha value is -1.71. The van der Waals surface area contributed by atoms with E-state index in [0.717, 1.165) is 67.6 Å². The number of halogens is 1. The van der Waals surface area contributed by atoms with Crippen LogP contribution in [0.15, 0.2) is 58.3 Å². The van der Waals surface area contributed by atoms with Crippen LogP contribution < -0.4 is 5.32 Å². The van der Waals surface area contributed by atoms with Crippen LogP contribution in [0, 0.1) is 5.82 Å². The fourth-order valence-corrected chi connectivity index (χ4v) is 8.69. The molecule has 1 fully saturated rings. The van der Waals surface area contributed by atoms with Crippen molar-refractivity contribution in [2.75, 3.05) is 13.2 Å². The van der Waals surface area contributed by atoms with Crippen molar-refractivity contribution in [1.29, 1.82) is 0 Å². The number of ether oxygens (including phenoxy) is 2. The van der Waals surface area contributed by atoms with Gasteiger partial charge in [0.2, 0.25) is 0 Å². The molecule has 0 spiro atoms. The maximum atomic E-state index is 13.2. The maximum Gasteiger partial charge on any atom is 0.186 e. The van der Waals surface area contributed by atoms with Gasteiger partial charge in [-0.1, -0.05) is 159 Å². The number of benzene rings is 2. The maximum absolute atomic E-state index is 13.2. The number of aliphatic hydroxyl groups is 6. The van der Waals surface area contributed by atoms with Crippen LogP contribution in [-0.4, -0.2) is 97.8 Å². The molecular formula is C47H76FNO8S2. The van der Waals surface area contributed by atoms with Crippen LogP contribution in [0.3, 0.4) is 0 Å². The Morgan fingerprint density at radius 2 is 1.22 bits per heavy atom. The molecule has 336 valence electrons. The highest BCUT2D eigenvalue weighted by atomic mass is 32.2. The third-order valence-electron chi connectivity index (χ3n) is 11.4. The summed E-state index contributed by atoms with van der Waals surface area (Å²) in [6, 6.07) is 14.4. The van der Waals surface area contributed by atoms with Gasteiger partial charge >= 0.3 is 0 Å². The second kappa shape index (κ2) is 31.2. The van der Waals surface area contributed by atoms with Gasteiger partial charge in [0.1, 0.15) is 36.3 Å². The van der Waals surface area contributed by atoms with E-state index in [0.29, 0.717) is 17.8 Å². The lowest BCUT2D eigenvalue weighted by atomic mass is 9.98. The average molecular weight is 866 g/mol. The van der Waals surface area contributed by atoms with Crippen molar-refractivity contribution < 1.29 is 44.5 Å². The minimum Gasteiger partial charge on any atom is -0.394 e. The smallest absolute Gasteiger partial charge is 0.186 e. The largest absolute Gasteiger partial charge is 0.394 e. The SMILES string of the molecule is CCCCCCCCCCCCCC[C@@H](O)[C@@H](O)[C@H](CO[C@H]1O[C@H](CO)[C@H](O)[C@H](O)[C@H]1O)NC(=S)CCCCCCCCCCc1ccc(Sc2ccc(F)cc2)cc1. The first kappa shape index (κ1) is 51.6. The van der Waals surface area contributed by atoms with Gasteiger partial charge in [-0.25, -0.2) is 4.39 Å². The molecule has 59 heavy (non-hydrogen) atoms. The second-order valence-electron chi connectivity index (χ2n) is 16.5. The van der Waals surface area contributed by atoms with Crippen LogP contribution in [0.25, 0.3) is 0 Å². The quantitative estimate of drug-likeness (QED) is 0.0272. The molecule has 1 saturated heterocycles. The highest BCUT2D eigenvalue weighted by Gasteiger charge is 2.44. The first-order valence-corrected chi connectivity index (χ1v) is 23.9. The molecule has 0 radical (unpaired) electrons. The highest BCUT2D eigenvalue weighted by Crippen LogP contribution is 2.28. The van der Waals surface area contributed by atoms with Gasteiger partial charge in [-0.2, -0.15) is 0 Å². The third-order valence-corrected chi connectivity index (χ3v) is 12.7. The van der Waals surface area contributed by atoms with Crippen molar-refractivity contribution in [3.63, 3.8) is 0 Å². The summed E-state index contributed by atoms with van der Waals surface area (Å²) in [5.74, 6) is -0.221. The first-order valence-electron chi connectivity index (χ1n) is 22.7. The van der Waals surface area contributed by atoms with Gasteiger partial charge in [0.05, 0.1) is 30.3 Å². The summed E-state index contributed by atoms with van der Waals surface area (Å²) in [6.45, 7) is 1.47. The van der Waals surface area contributed by atoms with Crippen molar-refractivity contribution >= 4 is 29.0 Å². The van der Waals surface area contributed by atoms with Crippen molar-refractivity contribution in [1.82, 2.24) is 5.32 Å². The molecule has 0 aromatic heterocycles. The van der Waals surface area contributed by atoms with Gasteiger partial charge in [0.15, 0.2) is 6.29 Å². The molecule has 0 amide bonds. The normalized spacial score (nSPS) is 21.0. The molecule has 2 aromatic carbocycles. The Morgan fingerprint density at radius 1 is 0.712 bits per heavy atom. The summed E-state index contributed by atoms with van der Waals surface area (Å²) in [7, 11) is 0. The molecule has 8 atom stereocenters. The second-order valence-corrected chi connectivity index (χ2v) is 18.1. The van der Waals surface area contributed by atoms with Crippen molar-refractivity contribution in [2.45, 2.75) is 213 Å². The van der Waals surface area contributed by atoms with E-state index in [1.165, 1.54) is 94.7 Å². The zero-order chi connectivity index (χ0) is 42.7. The van der Waals surface area contributed by atoms with E-state index in [1.807, 2.05) is 0 Å². The summed E-state index contributed by atoms with van der Waals surface area (Å²) in [4.78, 5) is 2.72. The van der Waals surface area contributed by atoms with Crippen LogP contribution in [0.5, 0.6) is 0 Å². The highest BCUT2D eigenvalue weighted by molar-refractivity contribution is 7.99. The van der Waals surface area contributed by atoms with Crippen molar-refractivity contribution in [2.24, 2.45) is 0 Å². The van der Waals surface area contributed by atoms with Gasteiger partial charge in [-0.3, -0.25) is 0 Å². The lowest BCUT2D eigenvalue weighted by Crippen LogP contribution is -2.60. The fraction of sp³-hybridized carbons (Fsp3) is 0.723. The Kier molecular flexibility index (Phi) is 27.3. The zero-order valence-corrected chi connectivity index (χ0v) is 37.2. The van der Waals surface area contributed by atoms with E-state index in [4.69, 9.17) is 21.7 Å². The van der Waals surface area contributed by atoms with E-state index in [9.17, 15) is 35.0 Å². The molecule has 0 aliphatic carbocycles. The predicted molar refractivity (Wildman–Crippen MR) is 239 cm³/mol. The number of rotatable bonds is 33. The van der Waals surface area contributed by atoms with Crippen LogP contribution >= 0.6 is 24.0 Å². The van der Waals surface area contributed by atoms with E-state index in [2.05, 4.69) is 36.5 Å². The predicted octanol–water partition coefficient (Wildman–Crippen LogP) is 8.95. The number of nitrogens with one attached hydrogen (secondary N) is 1. The summed E-state index contributed by atoms with van der Waals surface area (Å²) >= 11 is 7.30. The summed E-state index contributed by atoms with van der Waals surface area (Å²) in [5.41, 5.74) is 1.34. The van der Waals surface area contributed by atoms with Gasteiger partial charge in [-0.05, 0) is 74.1 Å². The lowest BCUT2D eigenvalue weighted by molar-refractivity contribution is -0.303. The monoisotopic (exact) mass is 865 g/mol. The lowest BCUT2D eigenvalue weighted by Gasteiger charge is -2.40. The number of aliphatic hydroxyl groups excluding tert-OH is 6. The molecule has 7 N–H and O–H groups in total. The molecule has 0 unspecified atom stereocenters. The van der Waals surface area contributed by atoms with Gasteiger partial charge in [-0.15, -0.1) is 0 Å². The van der Waals surface area contributed by atoms with E-state index in [-0.39, 0.29) is 12.4 Å². The van der Waals surface area contributed by atoms with Crippen LogP contribution in [-0.2, 0) is 15.9 Å². The van der Waals surface area contributed by atoms with Gasteiger partial charge < -0.3 is 45.4 Å². The minimum atomic E-state index is -1.58. The van der Waals surface area contributed by atoms with Crippen LogP contribution in [0.1, 0.15) is 154 Å². The Labute approximate surface area is 363 Å². The molecule has 3 rings (SSSR count). The van der Waals surface area contributed by atoms with Crippen LogP contribution in [0.4, 0.5) is 4.39 Å². The summed E-state index contributed by atoms with van der Waals surface area (Å²) < 4.78 is 24.5. The van der Waals surface area contributed by atoms with Crippen molar-refractivity contribution in [3.05, 3.63) is 59.9 Å². The molecular weight excluding hydrogens is 790 g/mol. The van der Waals surface area contributed by atoms with Gasteiger partial charge in [0, 0.05) is 9.79 Å². The summed E-state index contributed by atoms with van der Waals surface area (Å²) in [5, 5.41) is 65.9. The van der Waals surface area contributed by atoms with E-state index < -0.39 is 55.6 Å². The van der Waals surface area contributed by atoms with Crippen LogP contribution in [0.2, 0.25) is 0 Å². The van der Waals surface area contributed by atoms with Crippen molar-refractivity contribution in [3.8, 4) is 0 Å². The number of hydrogen-bond donors (Lipinski definition) is 7. The molecule has 0 saturated carbocycles. The standard InChI is InChI=1S/C47H76FNO8S2/c1-2-3-4-5-6-7-8-9-10-14-17-20-23-40(51)43(52)39(34-56-47-46(55)45(54)44(53)41(33-50)57-47)49-42(58)24-21-18-15-12-11-13-16-19-22-35-25-29-37(30-26-35)59-38-31-27-36(48)28-32-38/h25-32,39-41,43-47,50-55H,2-24,33-34H2,1H3,(H,49,58)/t39-,40+,41+,43-,44-,45-,46+,47-/m0/s1. The molecule has 0 bridgehead atoms. The first-order chi connectivity index (χ1) is 28.6. The number of hydrogen-bond acceptors (Lipinski definition) is 10. The Morgan fingerprint density at radius 3 is 1.78 bits per heavy atom. The van der Waals surface area contributed by atoms with Gasteiger partial charge in [0.25, 0.3) is 0 Å². The zero-order valence-electron chi connectivity index (χ0n) is 35.6. The fourth-order valence-electron chi connectivity index (χ4n) is 7.58.